The third kappa shape index (κ3) is 3.22. The van der Waals surface area contributed by atoms with E-state index in [9.17, 15) is 9.59 Å². The van der Waals surface area contributed by atoms with Crippen molar-refractivity contribution < 1.29 is 14.3 Å². The largest absolute Gasteiger partial charge is 0.459 e. The van der Waals surface area contributed by atoms with E-state index >= 15 is 0 Å². The van der Waals surface area contributed by atoms with Gasteiger partial charge in [-0.05, 0) is 26.2 Å². The summed E-state index contributed by atoms with van der Waals surface area (Å²) in [5.41, 5.74) is -0.668. The summed E-state index contributed by atoms with van der Waals surface area (Å²) in [7, 11) is 0. The van der Waals surface area contributed by atoms with Gasteiger partial charge in [-0.25, -0.2) is 0 Å². The molecule has 0 radical (unpaired) electrons. The Morgan fingerprint density at radius 3 is 2.62 bits per heavy atom. The Labute approximate surface area is 96.7 Å². The zero-order chi connectivity index (χ0) is 12.3. The van der Waals surface area contributed by atoms with Gasteiger partial charge in [0, 0.05) is 6.54 Å². The fourth-order valence-corrected chi connectivity index (χ4v) is 1.83. The average Bonchev–Trinajstić information content (AvgIpc) is 2.38. The number of carbonyl (C=O) groups is 2. The van der Waals surface area contributed by atoms with Gasteiger partial charge in [0.2, 0.25) is 5.91 Å². The standard InChI is InChI=1S/C12H21NO3/c1-8(2)5-6-13-11(15)9-7-10(14)16-12(9,3)4/h8-9H,5-7H2,1-4H3,(H,13,15)/t9-/m1/s1. The maximum absolute atomic E-state index is 11.8. The van der Waals surface area contributed by atoms with Crippen molar-refractivity contribution in [2.45, 2.75) is 46.1 Å². The second-order valence-electron chi connectivity index (χ2n) is 5.31. The fourth-order valence-electron chi connectivity index (χ4n) is 1.83. The molecule has 0 unspecified atom stereocenters. The quantitative estimate of drug-likeness (QED) is 0.740. The van der Waals surface area contributed by atoms with E-state index in [1.54, 1.807) is 13.8 Å². The summed E-state index contributed by atoms with van der Waals surface area (Å²) in [6.07, 6.45) is 1.15. The van der Waals surface area contributed by atoms with Gasteiger partial charge in [-0.15, -0.1) is 0 Å². The van der Waals surface area contributed by atoms with Gasteiger partial charge in [0.1, 0.15) is 5.60 Å². The summed E-state index contributed by atoms with van der Waals surface area (Å²) < 4.78 is 5.11. The average molecular weight is 227 g/mol. The Hall–Kier alpha value is -1.06. The second-order valence-corrected chi connectivity index (χ2v) is 5.31. The molecule has 4 nitrogen and oxygen atoms in total. The van der Waals surface area contributed by atoms with Crippen molar-refractivity contribution in [1.29, 1.82) is 0 Å². The van der Waals surface area contributed by atoms with Crippen LogP contribution < -0.4 is 5.32 Å². The van der Waals surface area contributed by atoms with Crippen LogP contribution in [0.3, 0.4) is 0 Å². The molecular weight excluding hydrogens is 206 g/mol. The first kappa shape index (κ1) is 13.0. The predicted molar refractivity (Wildman–Crippen MR) is 60.7 cm³/mol. The summed E-state index contributed by atoms with van der Waals surface area (Å²) in [4.78, 5) is 23.0. The summed E-state index contributed by atoms with van der Waals surface area (Å²) in [5.74, 6) is -0.146. The summed E-state index contributed by atoms with van der Waals surface area (Å²) in [6, 6.07) is 0. The van der Waals surface area contributed by atoms with Gasteiger partial charge in [-0.2, -0.15) is 0 Å². The lowest BCUT2D eigenvalue weighted by Crippen LogP contribution is -2.40. The van der Waals surface area contributed by atoms with Crippen molar-refractivity contribution in [2.75, 3.05) is 6.54 Å². The Morgan fingerprint density at radius 2 is 2.19 bits per heavy atom. The van der Waals surface area contributed by atoms with E-state index in [4.69, 9.17) is 4.74 Å². The molecule has 1 saturated heterocycles. The zero-order valence-corrected chi connectivity index (χ0v) is 10.5. The number of nitrogens with one attached hydrogen (secondary N) is 1. The minimum absolute atomic E-state index is 0.0727. The highest BCUT2D eigenvalue weighted by molar-refractivity contribution is 5.87. The molecule has 1 rings (SSSR count). The molecule has 1 N–H and O–H groups in total. The van der Waals surface area contributed by atoms with E-state index in [0.29, 0.717) is 12.5 Å². The summed E-state index contributed by atoms with van der Waals surface area (Å²) in [5, 5.41) is 2.86. The van der Waals surface area contributed by atoms with Crippen LogP contribution in [0.4, 0.5) is 0 Å². The van der Waals surface area contributed by atoms with Crippen LogP contribution >= 0.6 is 0 Å². The third-order valence-electron chi connectivity index (χ3n) is 2.92. The highest BCUT2D eigenvalue weighted by atomic mass is 16.6. The van der Waals surface area contributed by atoms with Gasteiger partial charge < -0.3 is 10.1 Å². The van der Waals surface area contributed by atoms with Crippen molar-refractivity contribution in [3.05, 3.63) is 0 Å². The molecule has 1 aliphatic rings. The van der Waals surface area contributed by atoms with E-state index in [2.05, 4.69) is 19.2 Å². The minimum atomic E-state index is -0.668. The number of rotatable bonds is 4. The molecule has 4 heteroatoms. The molecule has 0 aromatic heterocycles. The van der Waals surface area contributed by atoms with Crippen molar-refractivity contribution in [3.8, 4) is 0 Å². The normalized spacial score (nSPS) is 23.3. The monoisotopic (exact) mass is 227 g/mol. The van der Waals surface area contributed by atoms with Crippen LogP contribution in [0.15, 0.2) is 0 Å². The number of cyclic esters (lactones) is 1. The minimum Gasteiger partial charge on any atom is -0.459 e. The lowest BCUT2D eigenvalue weighted by molar-refractivity contribution is -0.147. The number of hydrogen-bond donors (Lipinski definition) is 1. The van der Waals surface area contributed by atoms with Gasteiger partial charge in [0.25, 0.3) is 0 Å². The lowest BCUT2D eigenvalue weighted by Gasteiger charge is -2.23. The first-order valence-electron chi connectivity index (χ1n) is 5.82. The Kier molecular flexibility index (Phi) is 3.94. The smallest absolute Gasteiger partial charge is 0.307 e. The van der Waals surface area contributed by atoms with Crippen molar-refractivity contribution in [1.82, 2.24) is 5.32 Å². The van der Waals surface area contributed by atoms with Gasteiger partial charge in [0.05, 0.1) is 12.3 Å². The summed E-state index contributed by atoms with van der Waals surface area (Å²) in [6.45, 7) is 8.45. The molecule has 1 fully saturated rings. The van der Waals surface area contributed by atoms with Crippen LogP contribution in [0, 0.1) is 11.8 Å². The number of carbonyl (C=O) groups excluding carboxylic acids is 2. The van der Waals surface area contributed by atoms with E-state index in [-0.39, 0.29) is 24.2 Å². The first-order valence-corrected chi connectivity index (χ1v) is 5.82. The SMILES string of the molecule is CC(C)CCNC(=O)[C@H]1CC(=O)OC1(C)C. The first-order chi connectivity index (χ1) is 7.33. The zero-order valence-electron chi connectivity index (χ0n) is 10.5. The second kappa shape index (κ2) is 4.85. The molecule has 0 aromatic rings. The van der Waals surface area contributed by atoms with Gasteiger partial charge in [-0.3, -0.25) is 9.59 Å². The van der Waals surface area contributed by atoms with E-state index in [1.165, 1.54) is 0 Å². The molecular formula is C12H21NO3. The maximum Gasteiger partial charge on any atom is 0.307 e. The fraction of sp³-hybridized carbons (Fsp3) is 0.833. The van der Waals surface area contributed by atoms with Crippen LogP contribution in [0.2, 0.25) is 0 Å². The number of ether oxygens (including phenoxy) is 1. The number of hydrogen-bond acceptors (Lipinski definition) is 3. The van der Waals surface area contributed by atoms with E-state index in [1.807, 2.05) is 0 Å². The number of amides is 1. The van der Waals surface area contributed by atoms with E-state index < -0.39 is 5.60 Å². The molecule has 1 aliphatic heterocycles. The maximum atomic E-state index is 11.8. The van der Waals surface area contributed by atoms with Crippen molar-refractivity contribution >= 4 is 11.9 Å². The molecule has 0 bridgehead atoms. The lowest BCUT2D eigenvalue weighted by atomic mass is 9.90. The molecule has 92 valence electrons. The molecule has 0 aliphatic carbocycles. The Morgan fingerprint density at radius 1 is 1.56 bits per heavy atom. The predicted octanol–water partition coefficient (Wildman–Crippen LogP) is 1.49. The van der Waals surface area contributed by atoms with Crippen molar-refractivity contribution in [2.24, 2.45) is 11.8 Å². The van der Waals surface area contributed by atoms with Crippen molar-refractivity contribution in [3.63, 3.8) is 0 Å². The molecule has 0 saturated carbocycles. The molecule has 1 atom stereocenters. The number of esters is 1. The topological polar surface area (TPSA) is 55.4 Å². The molecule has 1 amide bonds. The highest BCUT2D eigenvalue weighted by Crippen LogP contribution is 2.32. The van der Waals surface area contributed by atoms with Gasteiger partial charge in [-0.1, -0.05) is 13.8 Å². The van der Waals surface area contributed by atoms with Crippen LogP contribution in [0.25, 0.3) is 0 Å². The van der Waals surface area contributed by atoms with Crippen LogP contribution in [-0.4, -0.2) is 24.0 Å². The Balaban J connectivity index is 2.45. The molecule has 0 aromatic carbocycles. The van der Waals surface area contributed by atoms with Gasteiger partial charge in [0.15, 0.2) is 0 Å². The van der Waals surface area contributed by atoms with Gasteiger partial charge >= 0.3 is 5.97 Å². The van der Waals surface area contributed by atoms with Crippen LogP contribution in [0.1, 0.15) is 40.5 Å². The molecule has 1 heterocycles. The molecule has 0 spiro atoms. The van der Waals surface area contributed by atoms with E-state index in [0.717, 1.165) is 6.42 Å². The highest BCUT2D eigenvalue weighted by Gasteiger charge is 2.45. The summed E-state index contributed by atoms with van der Waals surface area (Å²) >= 11 is 0. The molecule has 16 heavy (non-hydrogen) atoms. The van der Waals surface area contributed by atoms with Crippen LogP contribution in [0.5, 0.6) is 0 Å². The Bertz CT molecular complexity index is 284. The third-order valence-corrected chi connectivity index (χ3v) is 2.92. The van der Waals surface area contributed by atoms with Crippen LogP contribution in [-0.2, 0) is 14.3 Å².